The fraction of sp³-hybridized carbons (Fsp3) is 0.385. The summed E-state index contributed by atoms with van der Waals surface area (Å²) in [7, 11) is 6.66. The molecular weight excluding hydrogens is 506 g/mol. The lowest BCUT2D eigenvalue weighted by molar-refractivity contribution is -0.196. The van der Waals surface area contributed by atoms with Crippen LogP contribution in [0.25, 0.3) is 0 Å². The summed E-state index contributed by atoms with van der Waals surface area (Å²) in [6, 6.07) is 17.4. The molecule has 10 nitrogen and oxygen atoms in total. The molecular formula is C26H38F2N2O8. The number of methoxy groups -OCH3 is 2. The molecule has 1 spiro atoms. The van der Waals surface area contributed by atoms with E-state index in [-0.39, 0.29) is 0 Å². The van der Waals surface area contributed by atoms with E-state index in [0.29, 0.717) is 32.6 Å². The van der Waals surface area contributed by atoms with Crippen LogP contribution in [-0.4, -0.2) is 93.1 Å². The van der Waals surface area contributed by atoms with Crippen molar-refractivity contribution >= 4 is 23.6 Å². The summed E-state index contributed by atoms with van der Waals surface area (Å²) in [5.74, 6) is -2.22. The van der Waals surface area contributed by atoms with Gasteiger partial charge in [0.2, 0.25) is 0 Å². The lowest BCUT2D eigenvalue weighted by Crippen LogP contribution is -2.82. The van der Waals surface area contributed by atoms with E-state index in [0.717, 1.165) is 9.80 Å². The summed E-state index contributed by atoms with van der Waals surface area (Å²) < 4.78 is 27.9. The number of rotatable bonds is 2. The summed E-state index contributed by atoms with van der Waals surface area (Å²) >= 11 is 0. The molecule has 2 fully saturated rings. The number of amides is 4. The molecule has 4 amide bonds. The average molecular weight is 545 g/mol. The van der Waals surface area contributed by atoms with Gasteiger partial charge in [-0.1, -0.05) is 50.2 Å². The Hall–Kier alpha value is -3.90. The Bertz CT molecular complexity index is 820. The number of halogens is 2. The van der Waals surface area contributed by atoms with E-state index in [1.807, 2.05) is 26.0 Å². The van der Waals surface area contributed by atoms with Gasteiger partial charge in [-0.3, -0.25) is 37.8 Å². The number of β-lactam (4-membered cyclic amide) rings is 4. The third-order valence-electron chi connectivity index (χ3n) is 4.25. The number of nitrogens with zero attached hydrogens (tertiary/aromatic N) is 2. The zero-order valence-electron chi connectivity index (χ0n) is 23.0. The number of carbonyl (C=O) groups excluding carboxylic acids is 4. The monoisotopic (exact) mass is 544 g/mol. The van der Waals surface area contributed by atoms with Gasteiger partial charge in [-0.05, 0) is 24.3 Å². The quantitative estimate of drug-likeness (QED) is 0.335. The molecule has 0 atom stereocenters. The molecule has 0 radical (unpaired) electrons. The van der Waals surface area contributed by atoms with Crippen molar-refractivity contribution in [3.63, 3.8) is 0 Å². The molecule has 2 saturated heterocycles. The van der Waals surface area contributed by atoms with Crippen molar-refractivity contribution in [3.05, 3.63) is 60.7 Å². The standard InChI is InChI=1S/C7H6N2O4.2C6H6O.C3H8O2.C2H6.2CH3F/c1-8-3(10)7(4(8)11)5(12)9(2)6(7)13;2*7-6-4-2-1-3-5-6;1-4-3-5-2;3*1-2/h1-2H3;2*1-5,7H;3H2,1-2H3;1-2H3;2*1H3. The van der Waals surface area contributed by atoms with E-state index in [2.05, 4.69) is 9.47 Å². The molecule has 214 valence electrons. The molecule has 2 N–H and O–H groups in total. The molecule has 12 heteroatoms. The number of ether oxygens (including phenoxy) is 2. The highest BCUT2D eigenvalue weighted by Crippen LogP contribution is 2.43. The third-order valence-corrected chi connectivity index (χ3v) is 4.25. The van der Waals surface area contributed by atoms with Crippen LogP contribution in [0.15, 0.2) is 60.7 Å². The van der Waals surface area contributed by atoms with Gasteiger partial charge in [-0.2, -0.15) is 0 Å². The molecule has 0 saturated carbocycles. The maximum atomic E-state index is 11.2. The van der Waals surface area contributed by atoms with Crippen LogP contribution in [0.5, 0.6) is 11.5 Å². The Labute approximate surface area is 222 Å². The second-order valence-electron chi connectivity index (χ2n) is 6.45. The third kappa shape index (κ3) is 10.6. The second kappa shape index (κ2) is 22.3. The van der Waals surface area contributed by atoms with Gasteiger partial charge < -0.3 is 19.7 Å². The molecule has 0 aliphatic carbocycles. The first-order valence-electron chi connectivity index (χ1n) is 11.0. The Morgan fingerprint density at radius 2 is 0.868 bits per heavy atom. The van der Waals surface area contributed by atoms with Crippen molar-refractivity contribution in [2.75, 3.05) is 49.5 Å². The predicted molar refractivity (Wildman–Crippen MR) is 138 cm³/mol. The van der Waals surface area contributed by atoms with Crippen LogP contribution in [-0.2, 0) is 28.7 Å². The van der Waals surface area contributed by atoms with E-state index in [1.165, 1.54) is 14.1 Å². The Kier molecular flexibility index (Phi) is 22.7. The van der Waals surface area contributed by atoms with E-state index < -0.39 is 29.0 Å². The van der Waals surface area contributed by atoms with Crippen molar-refractivity contribution < 1.29 is 47.6 Å². The van der Waals surface area contributed by atoms with Crippen LogP contribution in [0.4, 0.5) is 8.78 Å². The maximum absolute atomic E-state index is 11.2. The van der Waals surface area contributed by atoms with Gasteiger partial charge in [-0.15, -0.1) is 0 Å². The minimum absolute atomic E-state index is 0.322. The van der Waals surface area contributed by atoms with Crippen LogP contribution in [0.2, 0.25) is 0 Å². The zero-order chi connectivity index (χ0) is 30.3. The first kappa shape index (κ1) is 38.6. The Morgan fingerprint density at radius 1 is 0.632 bits per heavy atom. The number of phenolic OH excluding ortho intramolecular Hbond substituents is 2. The van der Waals surface area contributed by atoms with E-state index in [9.17, 15) is 28.0 Å². The summed E-state index contributed by atoms with van der Waals surface area (Å²) in [6.45, 7) is 4.39. The number of aromatic hydroxyl groups is 2. The molecule has 2 heterocycles. The first-order chi connectivity index (χ1) is 18.2. The van der Waals surface area contributed by atoms with Gasteiger partial charge in [0.05, 0.1) is 14.4 Å². The number of likely N-dealkylation sites (tertiary alicyclic amines) is 2. The van der Waals surface area contributed by atoms with Gasteiger partial charge in [0, 0.05) is 28.3 Å². The molecule has 38 heavy (non-hydrogen) atoms. The molecule has 2 aliphatic rings. The zero-order valence-corrected chi connectivity index (χ0v) is 23.0. The molecule has 2 aromatic rings. The molecule has 0 aromatic heterocycles. The highest BCUT2D eigenvalue weighted by atomic mass is 19.1. The van der Waals surface area contributed by atoms with Gasteiger partial charge in [0.1, 0.15) is 18.3 Å². The average Bonchev–Trinajstić information content (AvgIpc) is 2.98. The highest BCUT2D eigenvalue weighted by molar-refractivity contribution is 6.52. The normalized spacial score (nSPS) is 13.3. The van der Waals surface area contributed by atoms with Crippen molar-refractivity contribution in [3.8, 4) is 11.5 Å². The Morgan fingerprint density at radius 3 is 1.00 bits per heavy atom. The lowest BCUT2D eigenvalue weighted by Gasteiger charge is -2.50. The van der Waals surface area contributed by atoms with E-state index in [4.69, 9.17) is 10.2 Å². The lowest BCUT2D eigenvalue weighted by atomic mass is 9.69. The number of alkyl halides is 2. The van der Waals surface area contributed by atoms with Crippen LogP contribution >= 0.6 is 0 Å². The van der Waals surface area contributed by atoms with E-state index in [1.54, 1.807) is 62.8 Å². The van der Waals surface area contributed by atoms with Gasteiger partial charge in [0.15, 0.2) is 0 Å². The fourth-order valence-corrected chi connectivity index (χ4v) is 2.61. The molecule has 0 unspecified atom stereocenters. The first-order valence-corrected chi connectivity index (χ1v) is 11.0. The van der Waals surface area contributed by atoms with Gasteiger partial charge in [0.25, 0.3) is 29.0 Å². The van der Waals surface area contributed by atoms with Gasteiger partial charge in [-0.25, -0.2) is 0 Å². The minimum Gasteiger partial charge on any atom is -0.508 e. The molecule has 4 rings (SSSR count). The topological polar surface area (TPSA) is 134 Å². The maximum Gasteiger partial charge on any atom is 0.284 e. The van der Waals surface area contributed by atoms with Crippen LogP contribution in [0, 0.1) is 5.41 Å². The SMILES string of the molecule is CC.CF.CF.CN1C(=O)C2(C1=O)C(=O)N(C)C2=O.COCOC.Oc1ccccc1.Oc1ccccc1. The van der Waals surface area contributed by atoms with Crippen molar-refractivity contribution in [2.24, 2.45) is 5.41 Å². The fourth-order valence-electron chi connectivity index (χ4n) is 2.61. The predicted octanol–water partition coefficient (Wildman–Crippen LogP) is 3.19. The summed E-state index contributed by atoms with van der Waals surface area (Å²) in [5.41, 5.74) is -1.98. The molecule has 2 aromatic carbocycles. The Balaban J connectivity index is -0.000000426. The number of benzene rings is 2. The number of hydrogen-bond donors (Lipinski definition) is 2. The van der Waals surface area contributed by atoms with Crippen LogP contribution in [0.3, 0.4) is 0 Å². The number of carbonyl (C=O) groups is 4. The summed E-state index contributed by atoms with van der Waals surface area (Å²) in [5, 5.41) is 17.3. The minimum atomic E-state index is -1.98. The number of phenols is 2. The van der Waals surface area contributed by atoms with Gasteiger partial charge >= 0.3 is 0 Å². The number of para-hydroxylation sites is 2. The van der Waals surface area contributed by atoms with Crippen molar-refractivity contribution in [1.82, 2.24) is 9.80 Å². The molecule has 2 aliphatic heterocycles. The second-order valence-corrected chi connectivity index (χ2v) is 6.45. The summed E-state index contributed by atoms with van der Waals surface area (Å²) in [4.78, 5) is 46.3. The summed E-state index contributed by atoms with van der Waals surface area (Å²) in [6.07, 6.45) is 0. The number of hydrogen-bond acceptors (Lipinski definition) is 8. The number of imide groups is 2. The highest BCUT2D eigenvalue weighted by Gasteiger charge is 2.78. The van der Waals surface area contributed by atoms with Crippen molar-refractivity contribution in [1.29, 1.82) is 0 Å². The van der Waals surface area contributed by atoms with Crippen LogP contribution in [0.1, 0.15) is 13.8 Å². The largest absolute Gasteiger partial charge is 0.508 e. The van der Waals surface area contributed by atoms with Crippen molar-refractivity contribution in [2.45, 2.75) is 13.8 Å². The smallest absolute Gasteiger partial charge is 0.284 e. The van der Waals surface area contributed by atoms with E-state index >= 15 is 0 Å². The molecule has 0 bridgehead atoms. The van der Waals surface area contributed by atoms with Crippen LogP contribution < -0.4 is 0 Å².